The van der Waals surface area contributed by atoms with Crippen LogP contribution in [0.2, 0.25) is 0 Å². The quantitative estimate of drug-likeness (QED) is 0.757. The molecule has 0 aliphatic carbocycles. The third kappa shape index (κ3) is 3.28. The largest absolute Gasteiger partial charge is 0.484 e. The van der Waals surface area contributed by atoms with Crippen LogP contribution in [0.5, 0.6) is 11.5 Å². The molecule has 0 radical (unpaired) electrons. The molecular formula is C12H15F3O2. The molecule has 1 aromatic rings. The molecule has 0 aromatic heterocycles. The molecular weight excluding hydrogens is 233 g/mol. The molecule has 0 amide bonds. The van der Waals surface area contributed by atoms with E-state index in [0.29, 0.717) is 6.07 Å². The first kappa shape index (κ1) is 13.7. The first-order chi connectivity index (χ1) is 7.82. The Kier molecular flexibility index (Phi) is 4.26. The van der Waals surface area contributed by atoms with Crippen LogP contribution in [0.3, 0.4) is 0 Å². The lowest BCUT2D eigenvalue weighted by atomic mass is 10.2. The molecule has 0 bridgehead atoms. The average molecular weight is 248 g/mol. The fourth-order valence-electron chi connectivity index (χ4n) is 1.24. The zero-order chi connectivity index (χ0) is 13.2. The topological polar surface area (TPSA) is 18.5 Å². The summed E-state index contributed by atoms with van der Waals surface area (Å²) < 4.78 is 50.2. The average Bonchev–Trinajstić information content (AvgIpc) is 2.19. The van der Waals surface area contributed by atoms with Crippen LogP contribution in [0.25, 0.3) is 0 Å². The Balaban J connectivity index is 3.28. The second-order valence-corrected chi connectivity index (χ2v) is 4.15. The Labute approximate surface area is 98.3 Å². The van der Waals surface area contributed by atoms with Crippen LogP contribution in [0.4, 0.5) is 13.2 Å². The van der Waals surface area contributed by atoms with Gasteiger partial charge in [-0.2, -0.15) is 4.39 Å². The molecule has 0 saturated heterocycles. The van der Waals surface area contributed by atoms with E-state index in [-0.39, 0.29) is 6.10 Å². The molecule has 0 spiro atoms. The van der Waals surface area contributed by atoms with Crippen molar-refractivity contribution in [3.8, 4) is 11.5 Å². The van der Waals surface area contributed by atoms with Crippen LogP contribution in [-0.4, -0.2) is 12.2 Å². The molecule has 0 fully saturated rings. The molecule has 17 heavy (non-hydrogen) atoms. The Morgan fingerprint density at radius 3 is 1.76 bits per heavy atom. The van der Waals surface area contributed by atoms with Crippen molar-refractivity contribution in [2.75, 3.05) is 0 Å². The minimum atomic E-state index is -1.30. The van der Waals surface area contributed by atoms with Gasteiger partial charge in [0, 0.05) is 6.07 Å². The Morgan fingerprint density at radius 2 is 1.29 bits per heavy atom. The Bertz CT molecular complexity index is 403. The molecule has 0 heterocycles. The molecule has 0 aliphatic heterocycles. The summed E-state index contributed by atoms with van der Waals surface area (Å²) in [5.74, 6) is -4.43. The Morgan fingerprint density at radius 1 is 0.824 bits per heavy atom. The normalized spacial score (nSPS) is 11.1. The SMILES string of the molecule is CC(C)Oc1c(F)cc(F)c(F)c1OC(C)C. The van der Waals surface area contributed by atoms with Crippen LogP contribution in [0.15, 0.2) is 6.07 Å². The maximum absolute atomic E-state index is 13.5. The van der Waals surface area contributed by atoms with Crippen molar-refractivity contribution in [2.24, 2.45) is 0 Å². The molecule has 5 heteroatoms. The van der Waals surface area contributed by atoms with Gasteiger partial charge in [-0.25, -0.2) is 8.78 Å². The first-order valence-corrected chi connectivity index (χ1v) is 5.33. The standard InChI is InChI=1S/C12H15F3O2/c1-6(2)16-11-9(14)5-8(13)10(15)12(11)17-7(3)4/h5-7H,1-4H3. The second-order valence-electron chi connectivity index (χ2n) is 4.15. The summed E-state index contributed by atoms with van der Waals surface area (Å²) >= 11 is 0. The molecule has 0 aliphatic rings. The summed E-state index contributed by atoms with van der Waals surface area (Å²) in [5, 5.41) is 0. The molecule has 0 unspecified atom stereocenters. The highest BCUT2D eigenvalue weighted by Gasteiger charge is 2.23. The molecule has 1 rings (SSSR count). The second kappa shape index (κ2) is 5.29. The zero-order valence-corrected chi connectivity index (χ0v) is 10.2. The van der Waals surface area contributed by atoms with E-state index in [2.05, 4.69) is 0 Å². The smallest absolute Gasteiger partial charge is 0.204 e. The lowest BCUT2D eigenvalue weighted by Gasteiger charge is -2.18. The van der Waals surface area contributed by atoms with E-state index in [1.807, 2.05) is 0 Å². The number of hydrogen-bond acceptors (Lipinski definition) is 2. The van der Waals surface area contributed by atoms with Crippen molar-refractivity contribution < 1.29 is 22.6 Å². The van der Waals surface area contributed by atoms with Gasteiger partial charge in [0.1, 0.15) is 0 Å². The third-order valence-corrected chi connectivity index (χ3v) is 1.79. The van der Waals surface area contributed by atoms with Crippen molar-refractivity contribution in [2.45, 2.75) is 39.9 Å². The predicted molar refractivity (Wildman–Crippen MR) is 57.8 cm³/mol. The summed E-state index contributed by atoms with van der Waals surface area (Å²) in [5.41, 5.74) is 0. The lowest BCUT2D eigenvalue weighted by Crippen LogP contribution is -2.14. The van der Waals surface area contributed by atoms with Crippen LogP contribution < -0.4 is 9.47 Å². The highest BCUT2D eigenvalue weighted by atomic mass is 19.2. The Hall–Kier alpha value is -1.39. The molecule has 0 N–H and O–H groups in total. The predicted octanol–water partition coefficient (Wildman–Crippen LogP) is 3.68. The van der Waals surface area contributed by atoms with Gasteiger partial charge in [0.05, 0.1) is 12.2 Å². The van der Waals surface area contributed by atoms with Gasteiger partial charge in [-0.3, -0.25) is 0 Å². The first-order valence-electron chi connectivity index (χ1n) is 5.33. The van der Waals surface area contributed by atoms with Gasteiger partial charge in [0.15, 0.2) is 11.6 Å². The zero-order valence-electron chi connectivity index (χ0n) is 10.2. The van der Waals surface area contributed by atoms with E-state index in [9.17, 15) is 13.2 Å². The van der Waals surface area contributed by atoms with Gasteiger partial charge in [0.2, 0.25) is 17.3 Å². The van der Waals surface area contributed by atoms with Crippen molar-refractivity contribution in [1.82, 2.24) is 0 Å². The number of rotatable bonds is 4. The monoisotopic (exact) mass is 248 g/mol. The number of hydrogen-bond donors (Lipinski definition) is 0. The fraction of sp³-hybridized carbons (Fsp3) is 0.500. The summed E-state index contributed by atoms with van der Waals surface area (Å²) in [7, 11) is 0. The highest BCUT2D eigenvalue weighted by molar-refractivity contribution is 5.43. The van der Waals surface area contributed by atoms with Crippen LogP contribution in [0, 0.1) is 17.5 Å². The number of benzene rings is 1. The van der Waals surface area contributed by atoms with Crippen molar-refractivity contribution >= 4 is 0 Å². The van der Waals surface area contributed by atoms with Crippen molar-refractivity contribution in [3.05, 3.63) is 23.5 Å². The summed E-state index contributed by atoms with van der Waals surface area (Å²) in [6.07, 6.45) is -0.788. The van der Waals surface area contributed by atoms with Gasteiger partial charge in [-0.15, -0.1) is 0 Å². The maximum atomic E-state index is 13.5. The van der Waals surface area contributed by atoms with Gasteiger partial charge in [-0.1, -0.05) is 0 Å². The van der Waals surface area contributed by atoms with E-state index in [0.717, 1.165) is 0 Å². The highest BCUT2D eigenvalue weighted by Crippen LogP contribution is 2.36. The summed E-state index contributed by atoms with van der Waals surface area (Å²) in [6, 6.07) is 0.445. The van der Waals surface area contributed by atoms with E-state index in [1.165, 1.54) is 0 Å². The van der Waals surface area contributed by atoms with Gasteiger partial charge >= 0.3 is 0 Å². The lowest BCUT2D eigenvalue weighted by molar-refractivity contribution is 0.181. The van der Waals surface area contributed by atoms with E-state index >= 15 is 0 Å². The van der Waals surface area contributed by atoms with Crippen LogP contribution >= 0.6 is 0 Å². The van der Waals surface area contributed by atoms with Crippen molar-refractivity contribution in [1.29, 1.82) is 0 Å². The molecule has 1 aromatic carbocycles. The van der Waals surface area contributed by atoms with E-state index in [1.54, 1.807) is 27.7 Å². The third-order valence-electron chi connectivity index (χ3n) is 1.79. The molecule has 96 valence electrons. The minimum absolute atomic E-state index is 0.371. The summed E-state index contributed by atoms with van der Waals surface area (Å²) in [6.45, 7) is 6.56. The van der Waals surface area contributed by atoms with Crippen LogP contribution in [-0.2, 0) is 0 Å². The molecule has 0 atom stereocenters. The van der Waals surface area contributed by atoms with Crippen LogP contribution in [0.1, 0.15) is 27.7 Å². The van der Waals surface area contributed by atoms with Gasteiger partial charge in [0.25, 0.3) is 0 Å². The van der Waals surface area contributed by atoms with Gasteiger partial charge in [-0.05, 0) is 27.7 Å². The molecule has 2 nitrogen and oxygen atoms in total. The fourth-order valence-corrected chi connectivity index (χ4v) is 1.24. The van der Waals surface area contributed by atoms with E-state index < -0.39 is 35.1 Å². The summed E-state index contributed by atoms with van der Waals surface area (Å²) in [4.78, 5) is 0. The van der Waals surface area contributed by atoms with Crippen molar-refractivity contribution in [3.63, 3.8) is 0 Å². The maximum Gasteiger partial charge on any atom is 0.204 e. The molecule has 0 saturated carbocycles. The number of ether oxygens (including phenoxy) is 2. The van der Waals surface area contributed by atoms with E-state index in [4.69, 9.17) is 9.47 Å². The van der Waals surface area contributed by atoms with Gasteiger partial charge < -0.3 is 9.47 Å². The minimum Gasteiger partial charge on any atom is -0.484 e. The number of halogens is 3.